The van der Waals surface area contributed by atoms with Gasteiger partial charge in [0.05, 0.1) is 12.1 Å². The van der Waals surface area contributed by atoms with Gasteiger partial charge in [0.1, 0.15) is 5.82 Å². The summed E-state index contributed by atoms with van der Waals surface area (Å²) in [4.78, 5) is 0. The molecule has 0 amide bonds. The van der Waals surface area contributed by atoms with Gasteiger partial charge < -0.3 is 10.8 Å². The molecule has 3 N–H and O–H groups in total. The molecule has 1 fully saturated rings. The Balaban J connectivity index is 0.00000144. The van der Waals surface area contributed by atoms with Crippen molar-refractivity contribution in [1.82, 2.24) is 0 Å². The van der Waals surface area contributed by atoms with Gasteiger partial charge in [-0.2, -0.15) is 0 Å². The van der Waals surface area contributed by atoms with Gasteiger partial charge in [-0.05, 0) is 36.5 Å². The van der Waals surface area contributed by atoms with E-state index < -0.39 is 12.1 Å². The highest BCUT2D eigenvalue weighted by atomic mass is 35.5. The van der Waals surface area contributed by atoms with Crippen molar-refractivity contribution in [2.24, 2.45) is 11.7 Å². The molecule has 0 spiro atoms. The SMILES string of the molecule is Cl.N[C@@H](c1cccc(F)c1)[C@H](O)C1CCCC1. The molecule has 17 heavy (non-hydrogen) atoms. The normalized spacial score (nSPS) is 19.7. The molecule has 0 aromatic heterocycles. The highest BCUT2D eigenvalue weighted by Crippen LogP contribution is 2.32. The summed E-state index contributed by atoms with van der Waals surface area (Å²) in [6.45, 7) is 0. The molecule has 96 valence electrons. The van der Waals surface area contributed by atoms with Crippen molar-refractivity contribution in [3.63, 3.8) is 0 Å². The minimum absolute atomic E-state index is 0. The minimum Gasteiger partial charge on any atom is -0.391 e. The van der Waals surface area contributed by atoms with Gasteiger partial charge in [-0.15, -0.1) is 12.4 Å². The van der Waals surface area contributed by atoms with E-state index in [-0.39, 0.29) is 24.1 Å². The quantitative estimate of drug-likeness (QED) is 0.877. The van der Waals surface area contributed by atoms with E-state index in [9.17, 15) is 9.50 Å². The topological polar surface area (TPSA) is 46.2 Å². The second-order valence-corrected chi connectivity index (χ2v) is 4.62. The van der Waals surface area contributed by atoms with E-state index in [2.05, 4.69) is 0 Å². The first kappa shape index (κ1) is 14.4. The number of aliphatic hydroxyl groups excluding tert-OH is 1. The van der Waals surface area contributed by atoms with E-state index in [0.717, 1.165) is 25.7 Å². The lowest BCUT2D eigenvalue weighted by Crippen LogP contribution is -2.31. The van der Waals surface area contributed by atoms with Crippen LogP contribution >= 0.6 is 12.4 Å². The van der Waals surface area contributed by atoms with Crippen LogP contribution in [0.3, 0.4) is 0 Å². The van der Waals surface area contributed by atoms with Crippen molar-refractivity contribution in [2.75, 3.05) is 0 Å². The van der Waals surface area contributed by atoms with E-state index in [1.165, 1.54) is 12.1 Å². The molecule has 0 aliphatic heterocycles. The zero-order chi connectivity index (χ0) is 11.5. The first-order valence-corrected chi connectivity index (χ1v) is 5.87. The first-order valence-electron chi connectivity index (χ1n) is 5.87. The van der Waals surface area contributed by atoms with Crippen molar-refractivity contribution >= 4 is 12.4 Å². The molecule has 0 radical (unpaired) electrons. The molecule has 0 unspecified atom stereocenters. The molecule has 1 saturated carbocycles. The summed E-state index contributed by atoms with van der Waals surface area (Å²) in [5, 5.41) is 10.1. The number of hydrogen-bond donors (Lipinski definition) is 2. The summed E-state index contributed by atoms with van der Waals surface area (Å²) >= 11 is 0. The van der Waals surface area contributed by atoms with Crippen LogP contribution < -0.4 is 5.73 Å². The predicted octanol–water partition coefficient (Wildman–Crippen LogP) is 2.80. The molecule has 4 heteroatoms. The summed E-state index contributed by atoms with van der Waals surface area (Å²) in [5.74, 6) is -0.0233. The van der Waals surface area contributed by atoms with Crippen LogP contribution in [0, 0.1) is 11.7 Å². The fourth-order valence-electron chi connectivity index (χ4n) is 2.50. The summed E-state index contributed by atoms with van der Waals surface area (Å²) in [5.41, 5.74) is 6.65. The molecule has 0 heterocycles. The summed E-state index contributed by atoms with van der Waals surface area (Å²) in [6.07, 6.45) is 3.84. The van der Waals surface area contributed by atoms with Crippen molar-refractivity contribution in [3.05, 3.63) is 35.6 Å². The lowest BCUT2D eigenvalue weighted by Gasteiger charge is -2.24. The highest BCUT2D eigenvalue weighted by Gasteiger charge is 2.28. The number of halogens is 2. The standard InChI is InChI=1S/C13H18FNO.ClH/c14-11-7-3-6-10(8-11)12(15)13(16)9-4-1-2-5-9;/h3,6-9,12-13,16H,1-2,4-5,15H2;1H/t12-,13+;/m0./s1. The average Bonchev–Trinajstić information content (AvgIpc) is 2.80. The maximum absolute atomic E-state index is 13.0. The van der Waals surface area contributed by atoms with Gasteiger partial charge in [-0.1, -0.05) is 25.0 Å². The van der Waals surface area contributed by atoms with Gasteiger partial charge >= 0.3 is 0 Å². The molecule has 1 aliphatic carbocycles. The van der Waals surface area contributed by atoms with Gasteiger partial charge in [0.15, 0.2) is 0 Å². The summed E-state index contributed by atoms with van der Waals surface area (Å²) in [7, 11) is 0. The fraction of sp³-hybridized carbons (Fsp3) is 0.538. The number of rotatable bonds is 3. The Hall–Kier alpha value is -0.640. The number of aliphatic hydroxyl groups is 1. The van der Waals surface area contributed by atoms with Crippen molar-refractivity contribution in [3.8, 4) is 0 Å². The first-order chi connectivity index (χ1) is 7.68. The molecule has 2 atom stereocenters. The van der Waals surface area contributed by atoms with Crippen molar-refractivity contribution < 1.29 is 9.50 Å². The Bertz CT molecular complexity index is 355. The molecule has 2 rings (SSSR count). The molecule has 2 nitrogen and oxygen atoms in total. The third-order valence-corrected chi connectivity index (χ3v) is 3.48. The number of nitrogens with two attached hydrogens (primary N) is 1. The largest absolute Gasteiger partial charge is 0.391 e. The lowest BCUT2D eigenvalue weighted by atomic mass is 9.91. The van der Waals surface area contributed by atoms with Crippen LogP contribution in [0.15, 0.2) is 24.3 Å². The third-order valence-electron chi connectivity index (χ3n) is 3.48. The zero-order valence-corrected chi connectivity index (χ0v) is 10.5. The Morgan fingerprint density at radius 2 is 1.94 bits per heavy atom. The lowest BCUT2D eigenvalue weighted by molar-refractivity contribution is 0.0844. The maximum atomic E-state index is 13.0. The molecule has 1 aromatic rings. The van der Waals surface area contributed by atoms with E-state index >= 15 is 0 Å². The van der Waals surface area contributed by atoms with Crippen LogP contribution in [0.25, 0.3) is 0 Å². The van der Waals surface area contributed by atoms with E-state index in [4.69, 9.17) is 5.73 Å². The highest BCUT2D eigenvalue weighted by molar-refractivity contribution is 5.85. The van der Waals surface area contributed by atoms with Crippen molar-refractivity contribution in [1.29, 1.82) is 0 Å². The van der Waals surface area contributed by atoms with Crippen molar-refractivity contribution in [2.45, 2.75) is 37.8 Å². The Labute approximate surface area is 107 Å². The molecule has 0 saturated heterocycles. The van der Waals surface area contributed by atoms with Gasteiger partial charge in [-0.25, -0.2) is 4.39 Å². The van der Waals surface area contributed by atoms with Gasteiger partial charge in [-0.3, -0.25) is 0 Å². The van der Waals surface area contributed by atoms with Gasteiger partial charge in [0, 0.05) is 0 Å². The van der Waals surface area contributed by atoms with Crippen LogP contribution in [-0.2, 0) is 0 Å². The second kappa shape index (κ2) is 6.34. The maximum Gasteiger partial charge on any atom is 0.123 e. The molecular weight excluding hydrogens is 241 g/mol. The van der Waals surface area contributed by atoms with Gasteiger partial charge in [0.25, 0.3) is 0 Å². The smallest absolute Gasteiger partial charge is 0.123 e. The Kier molecular flexibility index (Phi) is 5.37. The summed E-state index contributed by atoms with van der Waals surface area (Å²) < 4.78 is 13.0. The fourth-order valence-corrected chi connectivity index (χ4v) is 2.50. The molecule has 1 aromatic carbocycles. The molecule has 0 bridgehead atoms. The van der Waals surface area contributed by atoms with E-state index in [1.807, 2.05) is 0 Å². The molecular formula is C13H19ClFNO. The van der Waals surface area contributed by atoms with Crippen LogP contribution in [-0.4, -0.2) is 11.2 Å². The van der Waals surface area contributed by atoms with E-state index in [1.54, 1.807) is 12.1 Å². The number of benzene rings is 1. The minimum atomic E-state index is -0.552. The van der Waals surface area contributed by atoms with Crippen LogP contribution in [0.2, 0.25) is 0 Å². The van der Waals surface area contributed by atoms with Crippen LogP contribution in [0.1, 0.15) is 37.3 Å². The summed E-state index contributed by atoms with van der Waals surface area (Å²) in [6, 6.07) is 5.72. The van der Waals surface area contributed by atoms with Gasteiger partial charge in [0.2, 0.25) is 0 Å². The average molecular weight is 260 g/mol. The predicted molar refractivity (Wildman–Crippen MR) is 68.5 cm³/mol. The van der Waals surface area contributed by atoms with Crippen LogP contribution in [0.4, 0.5) is 4.39 Å². The second-order valence-electron chi connectivity index (χ2n) is 4.62. The Morgan fingerprint density at radius 3 is 2.53 bits per heavy atom. The zero-order valence-electron chi connectivity index (χ0n) is 9.68. The number of hydrogen-bond acceptors (Lipinski definition) is 2. The third kappa shape index (κ3) is 3.41. The Morgan fingerprint density at radius 1 is 1.29 bits per heavy atom. The monoisotopic (exact) mass is 259 g/mol. The van der Waals surface area contributed by atoms with Crippen LogP contribution in [0.5, 0.6) is 0 Å². The molecule has 1 aliphatic rings. The van der Waals surface area contributed by atoms with E-state index in [0.29, 0.717) is 5.56 Å².